The molecule has 25 heavy (non-hydrogen) atoms. The van der Waals surface area contributed by atoms with Gasteiger partial charge in [0, 0.05) is 17.3 Å². The monoisotopic (exact) mass is 376 g/mol. The van der Waals surface area contributed by atoms with Gasteiger partial charge in [0.05, 0.1) is 5.02 Å². The SMILES string of the molecule is Cc1ccc(NC(=O)c2ccc(COc3cc(Cl)ccc3Cl)o2)nc1. The third-order valence-electron chi connectivity index (χ3n) is 3.30. The molecule has 5 nitrogen and oxygen atoms in total. The third kappa shape index (κ3) is 4.53. The summed E-state index contributed by atoms with van der Waals surface area (Å²) in [6.07, 6.45) is 1.67. The number of carbonyl (C=O) groups is 1. The van der Waals surface area contributed by atoms with Crippen molar-refractivity contribution >= 4 is 34.9 Å². The lowest BCUT2D eigenvalue weighted by molar-refractivity contribution is 0.0992. The number of carbonyl (C=O) groups excluding carboxylic acids is 1. The Kier molecular flexibility index (Phi) is 5.26. The van der Waals surface area contributed by atoms with Crippen molar-refractivity contribution < 1.29 is 13.9 Å². The van der Waals surface area contributed by atoms with Crippen LogP contribution in [0.15, 0.2) is 53.1 Å². The second-order valence-corrected chi connectivity index (χ2v) is 6.15. The number of rotatable bonds is 5. The van der Waals surface area contributed by atoms with Gasteiger partial charge in [-0.2, -0.15) is 0 Å². The Hall–Kier alpha value is -2.50. The number of ether oxygens (including phenoxy) is 1. The Morgan fingerprint density at radius 2 is 2.04 bits per heavy atom. The van der Waals surface area contributed by atoms with Gasteiger partial charge in [0.1, 0.15) is 23.9 Å². The second-order valence-electron chi connectivity index (χ2n) is 5.30. The number of aryl methyl sites for hydroxylation is 1. The van der Waals surface area contributed by atoms with Crippen molar-refractivity contribution in [1.29, 1.82) is 0 Å². The number of furan rings is 1. The summed E-state index contributed by atoms with van der Waals surface area (Å²) in [5.74, 6) is 1.16. The zero-order chi connectivity index (χ0) is 17.8. The Bertz CT molecular complexity index is 892. The molecule has 1 aromatic carbocycles. The van der Waals surface area contributed by atoms with Gasteiger partial charge in [-0.25, -0.2) is 4.98 Å². The Morgan fingerprint density at radius 1 is 1.20 bits per heavy atom. The van der Waals surface area contributed by atoms with Gasteiger partial charge in [0.2, 0.25) is 0 Å². The van der Waals surface area contributed by atoms with Crippen LogP contribution in [-0.2, 0) is 6.61 Å². The van der Waals surface area contributed by atoms with Crippen molar-refractivity contribution in [2.45, 2.75) is 13.5 Å². The zero-order valence-electron chi connectivity index (χ0n) is 13.3. The molecule has 0 radical (unpaired) electrons. The number of halogens is 2. The van der Waals surface area contributed by atoms with E-state index >= 15 is 0 Å². The molecule has 0 aliphatic rings. The maximum atomic E-state index is 12.2. The van der Waals surface area contributed by atoms with Crippen molar-refractivity contribution in [3.05, 3.63) is 75.8 Å². The van der Waals surface area contributed by atoms with E-state index in [0.717, 1.165) is 5.56 Å². The molecular formula is C18H14Cl2N2O3. The minimum atomic E-state index is -0.386. The zero-order valence-corrected chi connectivity index (χ0v) is 14.8. The Morgan fingerprint density at radius 3 is 2.80 bits per heavy atom. The first-order valence-electron chi connectivity index (χ1n) is 7.42. The van der Waals surface area contributed by atoms with Crippen molar-refractivity contribution in [1.82, 2.24) is 4.98 Å². The van der Waals surface area contributed by atoms with Gasteiger partial charge >= 0.3 is 0 Å². The van der Waals surface area contributed by atoms with Crippen LogP contribution in [-0.4, -0.2) is 10.9 Å². The van der Waals surface area contributed by atoms with Crippen LogP contribution in [0.25, 0.3) is 0 Å². The summed E-state index contributed by atoms with van der Waals surface area (Å²) in [6, 6.07) is 11.8. The molecule has 0 aliphatic carbocycles. The van der Waals surface area contributed by atoms with Crippen LogP contribution in [0.4, 0.5) is 5.82 Å². The van der Waals surface area contributed by atoms with Crippen molar-refractivity contribution in [2.75, 3.05) is 5.32 Å². The molecule has 1 amide bonds. The summed E-state index contributed by atoms with van der Waals surface area (Å²) in [5.41, 5.74) is 1.01. The van der Waals surface area contributed by atoms with E-state index in [9.17, 15) is 4.79 Å². The lowest BCUT2D eigenvalue weighted by atomic mass is 10.3. The van der Waals surface area contributed by atoms with Crippen LogP contribution < -0.4 is 10.1 Å². The van der Waals surface area contributed by atoms with E-state index in [0.29, 0.717) is 27.4 Å². The molecule has 0 aliphatic heterocycles. The Labute approximate surface area is 154 Å². The smallest absolute Gasteiger partial charge is 0.292 e. The molecule has 1 N–H and O–H groups in total. The van der Waals surface area contributed by atoms with E-state index in [1.165, 1.54) is 0 Å². The summed E-state index contributed by atoms with van der Waals surface area (Å²) in [6.45, 7) is 2.04. The molecule has 7 heteroatoms. The first-order chi connectivity index (χ1) is 12.0. The average molecular weight is 377 g/mol. The van der Waals surface area contributed by atoms with Crippen LogP contribution in [0, 0.1) is 6.92 Å². The van der Waals surface area contributed by atoms with Gasteiger partial charge in [-0.15, -0.1) is 0 Å². The molecule has 3 aromatic rings. The van der Waals surface area contributed by atoms with E-state index in [4.69, 9.17) is 32.4 Å². The molecule has 0 spiro atoms. The van der Waals surface area contributed by atoms with Crippen LogP contribution in [0.5, 0.6) is 5.75 Å². The number of pyridine rings is 1. The van der Waals surface area contributed by atoms with E-state index in [1.807, 2.05) is 13.0 Å². The summed E-state index contributed by atoms with van der Waals surface area (Å²) in [7, 11) is 0. The average Bonchev–Trinajstić information content (AvgIpc) is 3.07. The topological polar surface area (TPSA) is 64.4 Å². The van der Waals surface area contributed by atoms with Gasteiger partial charge < -0.3 is 14.5 Å². The summed E-state index contributed by atoms with van der Waals surface area (Å²) in [5, 5.41) is 3.63. The standard InChI is InChI=1S/C18H14Cl2N2O3/c1-11-2-7-17(21-9-11)22-18(23)15-6-4-13(25-15)10-24-16-8-12(19)3-5-14(16)20/h2-9H,10H2,1H3,(H,21,22,23). The predicted octanol–water partition coefficient (Wildman–Crippen LogP) is 5.12. The molecule has 2 heterocycles. The lowest BCUT2D eigenvalue weighted by Gasteiger charge is -2.06. The first-order valence-corrected chi connectivity index (χ1v) is 8.17. The minimum Gasteiger partial charge on any atom is -0.484 e. The molecule has 0 unspecified atom stereocenters. The predicted molar refractivity (Wildman–Crippen MR) is 96.4 cm³/mol. The molecule has 0 bridgehead atoms. The van der Waals surface area contributed by atoms with Crippen LogP contribution >= 0.6 is 23.2 Å². The number of aromatic nitrogens is 1. The molecule has 2 aromatic heterocycles. The number of benzene rings is 1. The molecule has 128 valence electrons. The number of hydrogen-bond acceptors (Lipinski definition) is 4. The summed E-state index contributed by atoms with van der Waals surface area (Å²) < 4.78 is 11.1. The van der Waals surface area contributed by atoms with Gasteiger partial charge in [0.25, 0.3) is 5.91 Å². The fourth-order valence-corrected chi connectivity index (χ4v) is 2.37. The van der Waals surface area contributed by atoms with Gasteiger partial charge in [-0.3, -0.25) is 4.79 Å². The van der Waals surface area contributed by atoms with E-state index in [1.54, 1.807) is 42.6 Å². The number of nitrogens with one attached hydrogen (secondary N) is 1. The quantitative estimate of drug-likeness (QED) is 0.670. The summed E-state index contributed by atoms with van der Waals surface area (Å²) >= 11 is 11.9. The highest BCUT2D eigenvalue weighted by molar-refractivity contribution is 6.34. The van der Waals surface area contributed by atoms with Gasteiger partial charge in [-0.1, -0.05) is 29.3 Å². The fraction of sp³-hybridized carbons (Fsp3) is 0.111. The first kappa shape index (κ1) is 17.3. The highest BCUT2D eigenvalue weighted by Gasteiger charge is 2.13. The normalized spacial score (nSPS) is 10.5. The van der Waals surface area contributed by atoms with E-state index in [-0.39, 0.29) is 18.3 Å². The van der Waals surface area contributed by atoms with E-state index in [2.05, 4.69) is 10.3 Å². The maximum absolute atomic E-state index is 12.2. The molecule has 0 atom stereocenters. The number of hydrogen-bond donors (Lipinski definition) is 1. The fourth-order valence-electron chi connectivity index (χ4n) is 2.03. The number of amides is 1. The van der Waals surface area contributed by atoms with E-state index < -0.39 is 0 Å². The number of anilines is 1. The molecule has 0 fully saturated rings. The van der Waals surface area contributed by atoms with Crippen molar-refractivity contribution in [2.24, 2.45) is 0 Å². The van der Waals surface area contributed by atoms with Gasteiger partial charge in [-0.05, 0) is 42.8 Å². The highest BCUT2D eigenvalue weighted by Crippen LogP contribution is 2.28. The second kappa shape index (κ2) is 7.59. The molecular weight excluding hydrogens is 363 g/mol. The van der Waals surface area contributed by atoms with Crippen LogP contribution in [0.2, 0.25) is 10.0 Å². The third-order valence-corrected chi connectivity index (χ3v) is 3.85. The van der Waals surface area contributed by atoms with Crippen LogP contribution in [0.1, 0.15) is 21.9 Å². The summed E-state index contributed by atoms with van der Waals surface area (Å²) in [4.78, 5) is 16.3. The molecule has 0 saturated carbocycles. The Balaban J connectivity index is 1.62. The highest BCUT2D eigenvalue weighted by atomic mass is 35.5. The molecule has 0 saturated heterocycles. The largest absolute Gasteiger partial charge is 0.484 e. The van der Waals surface area contributed by atoms with Crippen molar-refractivity contribution in [3.63, 3.8) is 0 Å². The lowest BCUT2D eigenvalue weighted by Crippen LogP contribution is -2.11. The van der Waals surface area contributed by atoms with Crippen molar-refractivity contribution in [3.8, 4) is 5.75 Å². The van der Waals surface area contributed by atoms with Crippen LogP contribution in [0.3, 0.4) is 0 Å². The minimum absolute atomic E-state index is 0.121. The molecule has 3 rings (SSSR count). The van der Waals surface area contributed by atoms with Gasteiger partial charge in [0.15, 0.2) is 5.76 Å². The number of nitrogens with zero attached hydrogens (tertiary/aromatic N) is 1. The maximum Gasteiger partial charge on any atom is 0.292 e.